The van der Waals surface area contributed by atoms with Crippen molar-refractivity contribution in [2.75, 3.05) is 6.54 Å². The molecule has 1 aliphatic heterocycles. The topological polar surface area (TPSA) is 20.3 Å². The number of carbonyl (C=O) groups is 1. The van der Waals surface area contributed by atoms with Gasteiger partial charge in [0.2, 0.25) is 0 Å². The minimum Gasteiger partial charge on any atom is -0.335 e. The zero-order valence-corrected chi connectivity index (χ0v) is 14.5. The monoisotopic (exact) mass is 401 g/mol. The van der Waals surface area contributed by atoms with Crippen LogP contribution in [-0.2, 0) is 0 Å². The second-order valence-electron chi connectivity index (χ2n) is 6.40. The molecule has 21 heavy (non-hydrogen) atoms. The highest BCUT2D eigenvalue weighted by molar-refractivity contribution is 14.1. The molecule has 0 bridgehead atoms. The molecule has 114 valence electrons. The number of benzene rings is 1. The van der Waals surface area contributed by atoms with Gasteiger partial charge in [-0.25, -0.2) is 4.39 Å². The van der Waals surface area contributed by atoms with E-state index in [9.17, 15) is 9.18 Å². The lowest BCUT2D eigenvalue weighted by Gasteiger charge is -2.47. The molecule has 1 saturated heterocycles. The molecule has 0 aromatic heterocycles. The SMILES string of the molecule is CC1CCN(C(=O)c2ccc(F)cc2I)C2CCCCC12. The van der Waals surface area contributed by atoms with Crippen LogP contribution >= 0.6 is 22.6 Å². The Morgan fingerprint density at radius 1 is 1.29 bits per heavy atom. The zero-order valence-electron chi connectivity index (χ0n) is 12.3. The summed E-state index contributed by atoms with van der Waals surface area (Å²) in [5.74, 6) is 1.17. The first-order valence-electron chi connectivity index (χ1n) is 7.84. The minimum absolute atomic E-state index is 0.0863. The molecule has 2 fully saturated rings. The average Bonchev–Trinajstić information content (AvgIpc) is 2.47. The molecule has 0 N–H and O–H groups in total. The van der Waals surface area contributed by atoms with Crippen LogP contribution in [0.4, 0.5) is 4.39 Å². The molecule has 1 heterocycles. The van der Waals surface area contributed by atoms with Crippen molar-refractivity contribution in [3.63, 3.8) is 0 Å². The van der Waals surface area contributed by atoms with Crippen molar-refractivity contribution in [3.05, 3.63) is 33.1 Å². The molecular formula is C17H21FINO. The van der Waals surface area contributed by atoms with Crippen LogP contribution < -0.4 is 0 Å². The molecule has 0 radical (unpaired) electrons. The summed E-state index contributed by atoms with van der Waals surface area (Å²) < 4.78 is 14.0. The van der Waals surface area contributed by atoms with E-state index in [0.29, 0.717) is 27.0 Å². The number of fused-ring (bicyclic) bond motifs is 1. The number of piperidine rings is 1. The van der Waals surface area contributed by atoms with E-state index in [1.54, 1.807) is 6.07 Å². The van der Waals surface area contributed by atoms with Gasteiger partial charge in [-0.1, -0.05) is 19.8 Å². The summed E-state index contributed by atoms with van der Waals surface area (Å²) in [5.41, 5.74) is 0.649. The Morgan fingerprint density at radius 3 is 2.81 bits per heavy atom. The van der Waals surface area contributed by atoms with E-state index in [2.05, 4.69) is 34.4 Å². The summed E-state index contributed by atoms with van der Waals surface area (Å²) in [4.78, 5) is 15.0. The number of hydrogen-bond acceptors (Lipinski definition) is 1. The smallest absolute Gasteiger partial charge is 0.255 e. The first-order chi connectivity index (χ1) is 10.1. The van der Waals surface area contributed by atoms with Gasteiger partial charge in [0.15, 0.2) is 0 Å². The Kier molecular flexibility index (Phi) is 4.52. The van der Waals surface area contributed by atoms with Gasteiger partial charge in [0.25, 0.3) is 5.91 Å². The largest absolute Gasteiger partial charge is 0.335 e. The second-order valence-corrected chi connectivity index (χ2v) is 7.57. The van der Waals surface area contributed by atoms with Crippen LogP contribution in [0.1, 0.15) is 49.4 Å². The van der Waals surface area contributed by atoms with Crippen LogP contribution in [0, 0.1) is 21.2 Å². The average molecular weight is 401 g/mol. The summed E-state index contributed by atoms with van der Waals surface area (Å²) >= 11 is 2.06. The van der Waals surface area contributed by atoms with Gasteiger partial charge in [0, 0.05) is 16.2 Å². The number of rotatable bonds is 1. The maximum Gasteiger partial charge on any atom is 0.255 e. The Bertz CT molecular complexity index is 548. The molecule has 2 aliphatic rings. The molecule has 1 amide bonds. The lowest BCUT2D eigenvalue weighted by molar-refractivity contribution is 0.0217. The van der Waals surface area contributed by atoms with Gasteiger partial charge in [-0.15, -0.1) is 0 Å². The molecule has 1 aromatic carbocycles. The Balaban J connectivity index is 1.86. The van der Waals surface area contributed by atoms with Crippen molar-refractivity contribution in [1.82, 2.24) is 4.90 Å². The predicted octanol–water partition coefficient (Wildman–Crippen LogP) is 4.47. The number of carbonyl (C=O) groups excluding carboxylic acids is 1. The molecule has 1 aliphatic carbocycles. The Hall–Kier alpha value is -0.650. The maximum absolute atomic E-state index is 13.2. The van der Waals surface area contributed by atoms with Gasteiger partial charge in [-0.05, 0) is 71.9 Å². The third-order valence-electron chi connectivity index (χ3n) is 5.16. The zero-order chi connectivity index (χ0) is 15.0. The van der Waals surface area contributed by atoms with Gasteiger partial charge in [0.1, 0.15) is 5.82 Å². The fourth-order valence-electron chi connectivity index (χ4n) is 3.98. The van der Waals surface area contributed by atoms with E-state index in [1.807, 2.05) is 0 Å². The summed E-state index contributed by atoms with van der Waals surface area (Å²) in [5, 5.41) is 0. The third-order valence-corrected chi connectivity index (χ3v) is 6.05. The highest BCUT2D eigenvalue weighted by Crippen LogP contribution is 2.39. The van der Waals surface area contributed by atoms with Gasteiger partial charge >= 0.3 is 0 Å². The summed E-state index contributed by atoms with van der Waals surface area (Å²) in [6, 6.07) is 4.85. The molecule has 3 unspecified atom stereocenters. The lowest BCUT2D eigenvalue weighted by Crippen LogP contribution is -2.52. The number of nitrogens with zero attached hydrogens (tertiary/aromatic N) is 1. The van der Waals surface area contributed by atoms with E-state index in [-0.39, 0.29) is 11.7 Å². The van der Waals surface area contributed by atoms with Crippen LogP contribution in [0.25, 0.3) is 0 Å². The number of hydrogen-bond donors (Lipinski definition) is 0. The van der Waals surface area contributed by atoms with Crippen LogP contribution in [-0.4, -0.2) is 23.4 Å². The van der Waals surface area contributed by atoms with E-state index >= 15 is 0 Å². The highest BCUT2D eigenvalue weighted by Gasteiger charge is 2.39. The molecule has 2 nitrogen and oxygen atoms in total. The van der Waals surface area contributed by atoms with Crippen molar-refractivity contribution in [1.29, 1.82) is 0 Å². The van der Waals surface area contributed by atoms with Crippen molar-refractivity contribution in [2.24, 2.45) is 11.8 Å². The summed E-state index contributed by atoms with van der Waals surface area (Å²) in [6.45, 7) is 3.17. The minimum atomic E-state index is -0.279. The van der Waals surface area contributed by atoms with Crippen molar-refractivity contribution < 1.29 is 9.18 Å². The fourth-order valence-corrected chi connectivity index (χ4v) is 4.69. The number of amides is 1. The van der Waals surface area contributed by atoms with Gasteiger partial charge < -0.3 is 4.90 Å². The summed E-state index contributed by atoms with van der Waals surface area (Å²) in [7, 11) is 0. The first kappa shape index (κ1) is 15.3. The van der Waals surface area contributed by atoms with Crippen molar-refractivity contribution in [2.45, 2.75) is 45.1 Å². The molecule has 0 spiro atoms. The number of likely N-dealkylation sites (tertiary alicyclic amines) is 1. The van der Waals surface area contributed by atoms with Gasteiger partial charge in [-0.3, -0.25) is 4.79 Å². The molecule has 1 aromatic rings. The van der Waals surface area contributed by atoms with Crippen LogP contribution in [0.2, 0.25) is 0 Å². The Morgan fingerprint density at radius 2 is 2.05 bits per heavy atom. The van der Waals surface area contributed by atoms with Crippen molar-refractivity contribution >= 4 is 28.5 Å². The molecule has 1 saturated carbocycles. The molecular weight excluding hydrogens is 380 g/mol. The van der Waals surface area contributed by atoms with Crippen molar-refractivity contribution in [3.8, 4) is 0 Å². The Labute approximate surface area is 139 Å². The van der Waals surface area contributed by atoms with Gasteiger partial charge in [-0.2, -0.15) is 0 Å². The van der Waals surface area contributed by atoms with E-state index in [4.69, 9.17) is 0 Å². The second kappa shape index (κ2) is 6.23. The lowest BCUT2D eigenvalue weighted by atomic mass is 9.72. The predicted molar refractivity (Wildman–Crippen MR) is 89.7 cm³/mol. The first-order valence-corrected chi connectivity index (χ1v) is 8.92. The van der Waals surface area contributed by atoms with E-state index in [1.165, 1.54) is 31.4 Å². The van der Waals surface area contributed by atoms with Crippen LogP contribution in [0.5, 0.6) is 0 Å². The maximum atomic E-state index is 13.2. The highest BCUT2D eigenvalue weighted by atomic mass is 127. The van der Waals surface area contributed by atoms with E-state index < -0.39 is 0 Å². The standard InChI is InChI=1S/C17H21FINO/c1-11-8-9-20(16-5-3-2-4-13(11)16)17(21)14-7-6-12(18)10-15(14)19/h6-7,10-11,13,16H,2-5,8-9H2,1H3. The van der Waals surface area contributed by atoms with Gasteiger partial charge in [0.05, 0.1) is 5.56 Å². The fraction of sp³-hybridized carbons (Fsp3) is 0.588. The third kappa shape index (κ3) is 2.96. The van der Waals surface area contributed by atoms with Crippen LogP contribution in [0.3, 0.4) is 0 Å². The molecule has 3 atom stereocenters. The van der Waals surface area contributed by atoms with E-state index in [0.717, 1.165) is 19.4 Å². The normalized spacial score (nSPS) is 29.1. The summed E-state index contributed by atoms with van der Waals surface area (Å²) in [6.07, 6.45) is 5.97. The molecule has 3 rings (SSSR count). The quantitative estimate of drug-likeness (QED) is 0.636. The number of halogens is 2. The van der Waals surface area contributed by atoms with Crippen LogP contribution in [0.15, 0.2) is 18.2 Å². The molecule has 4 heteroatoms.